The van der Waals surface area contributed by atoms with Crippen LogP contribution in [0.1, 0.15) is 19.4 Å². The number of nitrogens with one attached hydrogen (secondary N) is 1. The number of anilines is 1. The lowest BCUT2D eigenvalue weighted by atomic mass is 9.86. The summed E-state index contributed by atoms with van der Waals surface area (Å²) in [5.74, 6) is 0. The topological polar surface area (TPSA) is 70.1 Å². The molecule has 0 saturated carbocycles. The van der Waals surface area contributed by atoms with Gasteiger partial charge >= 0.3 is 0 Å². The standard InChI is InChI=1S/C22H26N2OS/c1-5-14(13-25)17(6-2)22-18-9-7-15(23)11-20(18)26(3,4)21-12-16(24)8-10-19(21)22/h5-12,23,25H,13,24H2,1-4H3/b14-5-,17-6+,23-15?. The van der Waals surface area contributed by atoms with Gasteiger partial charge in [0.25, 0.3) is 0 Å². The lowest BCUT2D eigenvalue weighted by Crippen LogP contribution is -2.17. The molecular weight excluding hydrogens is 340 g/mol. The van der Waals surface area contributed by atoms with Crippen LogP contribution in [-0.4, -0.2) is 29.9 Å². The van der Waals surface area contributed by atoms with Gasteiger partial charge in [-0.2, -0.15) is 10.0 Å². The molecule has 0 bridgehead atoms. The second kappa shape index (κ2) is 6.78. The molecule has 4 heteroatoms. The van der Waals surface area contributed by atoms with Crippen LogP contribution in [0.25, 0.3) is 5.57 Å². The van der Waals surface area contributed by atoms with E-state index in [0.29, 0.717) is 5.71 Å². The smallest absolute Gasteiger partial charge is 0.0684 e. The van der Waals surface area contributed by atoms with Gasteiger partial charge in [-0.05, 0) is 78.5 Å². The van der Waals surface area contributed by atoms with E-state index in [1.54, 1.807) is 0 Å². The molecule has 0 unspecified atom stereocenters. The van der Waals surface area contributed by atoms with Gasteiger partial charge in [0.1, 0.15) is 0 Å². The molecule has 1 aromatic carbocycles. The molecule has 1 aromatic rings. The van der Waals surface area contributed by atoms with Crippen molar-refractivity contribution in [1.82, 2.24) is 0 Å². The monoisotopic (exact) mass is 366 g/mol. The number of fused-ring (bicyclic) bond motifs is 2. The van der Waals surface area contributed by atoms with Crippen LogP contribution in [0.4, 0.5) is 5.69 Å². The summed E-state index contributed by atoms with van der Waals surface area (Å²) in [4.78, 5) is 2.43. The number of rotatable bonds is 3. The normalized spacial score (nSPS) is 20.5. The fourth-order valence-corrected chi connectivity index (χ4v) is 6.22. The van der Waals surface area contributed by atoms with E-state index >= 15 is 0 Å². The van der Waals surface area contributed by atoms with E-state index in [4.69, 9.17) is 11.1 Å². The molecule has 1 aliphatic heterocycles. The van der Waals surface area contributed by atoms with E-state index in [0.717, 1.165) is 28.0 Å². The van der Waals surface area contributed by atoms with Crippen LogP contribution in [0.3, 0.4) is 0 Å². The van der Waals surface area contributed by atoms with Gasteiger partial charge in [0.05, 0.1) is 12.3 Å². The molecule has 0 aromatic heterocycles. The molecule has 0 spiro atoms. The van der Waals surface area contributed by atoms with Crippen molar-refractivity contribution >= 4 is 27.0 Å². The van der Waals surface area contributed by atoms with Gasteiger partial charge in [-0.25, -0.2) is 0 Å². The fourth-order valence-electron chi connectivity index (χ4n) is 3.69. The minimum absolute atomic E-state index is 0.00785. The van der Waals surface area contributed by atoms with Crippen molar-refractivity contribution in [2.24, 2.45) is 0 Å². The highest BCUT2D eigenvalue weighted by molar-refractivity contribution is 8.36. The molecule has 1 heterocycles. The van der Waals surface area contributed by atoms with Crippen LogP contribution in [0.15, 0.2) is 75.1 Å². The quantitative estimate of drug-likeness (QED) is 0.530. The maximum Gasteiger partial charge on any atom is 0.0684 e. The Kier molecular flexibility index (Phi) is 4.82. The van der Waals surface area contributed by atoms with E-state index in [1.807, 2.05) is 38.1 Å². The maximum absolute atomic E-state index is 9.88. The van der Waals surface area contributed by atoms with Crippen LogP contribution in [0.2, 0.25) is 0 Å². The number of nitrogens with two attached hydrogens (primary N) is 1. The summed E-state index contributed by atoms with van der Waals surface area (Å²) < 4.78 is 0. The number of aliphatic hydroxyl groups is 1. The van der Waals surface area contributed by atoms with Crippen LogP contribution in [0.5, 0.6) is 0 Å². The van der Waals surface area contributed by atoms with Gasteiger partial charge < -0.3 is 16.2 Å². The lowest BCUT2D eigenvalue weighted by Gasteiger charge is -2.43. The van der Waals surface area contributed by atoms with Crippen molar-refractivity contribution in [3.05, 3.63) is 75.8 Å². The highest BCUT2D eigenvalue weighted by Crippen LogP contribution is 2.66. The van der Waals surface area contributed by atoms with Crippen LogP contribution in [-0.2, 0) is 0 Å². The van der Waals surface area contributed by atoms with Gasteiger partial charge in [-0.3, -0.25) is 0 Å². The zero-order valence-electron chi connectivity index (χ0n) is 15.8. The Labute approximate surface area is 157 Å². The van der Waals surface area contributed by atoms with Crippen LogP contribution < -0.4 is 5.73 Å². The highest BCUT2D eigenvalue weighted by atomic mass is 32.3. The number of nitrogen functional groups attached to an aromatic ring is 1. The summed E-state index contributed by atoms with van der Waals surface area (Å²) in [6.45, 7) is 3.95. The highest BCUT2D eigenvalue weighted by Gasteiger charge is 2.35. The molecule has 0 radical (unpaired) electrons. The third-order valence-corrected chi connectivity index (χ3v) is 7.92. The largest absolute Gasteiger partial charge is 0.399 e. The summed E-state index contributed by atoms with van der Waals surface area (Å²) in [6.07, 6.45) is 14.4. The second-order valence-electron chi connectivity index (χ2n) is 6.84. The predicted molar refractivity (Wildman–Crippen MR) is 115 cm³/mol. The Morgan fingerprint density at radius 1 is 1.19 bits per heavy atom. The Hall–Kier alpha value is -2.30. The molecule has 3 rings (SSSR count). The molecule has 4 N–H and O–H groups in total. The lowest BCUT2D eigenvalue weighted by molar-refractivity contribution is 0.334. The van der Waals surface area contributed by atoms with E-state index < -0.39 is 10.0 Å². The van der Waals surface area contributed by atoms with Gasteiger partial charge in [0, 0.05) is 15.5 Å². The van der Waals surface area contributed by atoms with Gasteiger partial charge in [0.15, 0.2) is 0 Å². The van der Waals surface area contributed by atoms with E-state index in [2.05, 4.69) is 36.8 Å². The minimum Gasteiger partial charge on any atom is -0.399 e. The second-order valence-corrected chi connectivity index (χ2v) is 10.4. The van der Waals surface area contributed by atoms with Crippen molar-refractivity contribution in [1.29, 1.82) is 5.41 Å². The Bertz CT molecular complexity index is 943. The molecule has 3 nitrogen and oxygen atoms in total. The Morgan fingerprint density at radius 3 is 2.54 bits per heavy atom. The van der Waals surface area contributed by atoms with E-state index in [1.165, 1.54) is 15.4 Å². The summed E-state index contributed by atoms with van der Waals surface area (Å²) >= 11 is 0. The van der Waals surface area contributed by atoms with Crippen LogP contribution in [0, 0.1) is 5.41 Å². The molecular formula is C22H26N2OS. The van der Waals surface area contributed by atoms with E-state index in [9.17, 15) is 5.11 Å². The Morgan fingerprint density at radius 2 is 1.92 bits per heavy atom. The van der Waals surface area contributed by atoms with Crippen LogP contribution >= 0.6 is 10.0 Å². The van der Waals surface area contributed by atoms with Gasteiger partial charge in [-0.1, -0.05) is 24.3 Å². The molecule has 0 fully saturated rings. The van der Waals surface area contributed by atoms with E-state index in [-0.39, 0.29) is 6.61 Å². The summed E-state index contributed by atoms with van der Waals surface area (Å²) in [5.41, 5.74) is 12.8. The third-order valence-electron chi connectivity index (χ3n) is 5.05. The first-order valence-corrected chi connectivity index (χ1v) is 11.1. The minimum atomic E-state index is -1.29. The SMILES string of the molecule is C/C=C(C1=C2C=CC(=N)C=C2S(C)(C)c2cc(N)ccc21)\C(=C/C)CO. The Balaban J connectivity index is 2.43. The van der Waals surface area contributed by atoms with Crippen molar-refractivity contribution < 1.29 is 5.11 Å². The number of aliphatic hydroxyl groups excluding tert-OH is 1. The van der Waals surface area contributed by atoms with Crippen molar-refractivity contribution in [2.45, 2.75) is 18.7 Å². The average Bonchev–Trinajstić information content (AvgIpc) is 2.62. The first kappa shape index (κ1) is 18.5. The predicted octanol–water partition coefficient (Wildman–Crippen LogP) is 4.82. The molecule has 2 aliphatic rings. The van der Waals surface area contributed by atoms with Crippen molar-refractivity contribution in [3.8, 4) is 0 Å². The number of hydrogen-bond acceptors (Lipinski definition) is 3. The fraction of sp³-hybridized carbons (Fsp3) is 0.227. The molecule has 1 aliphatic carbocycles. The summed E-state index contributed by atoms with van der Waals surface area (Å²) in [6, 6.07) is 6.12. The number of hydrogen-bond donors (Lipinski definition) is 3. The molecule has 136 valence electrons. The molecule has 26 heavy (non-hydrogen) atoms. The summed E-state index contributed by atoms with van der Waals surface area (Å²) in [5, 5.41) is 18.0. The maximum atomic E-state index is 9.88. The zero-order valence-corrected chi connectivity index (χ0v) is 16.6. The molecule has 0 saturated heterocycles. The first-order valence-electron chi connectivity index (χ1n) is 8.64. The number of benzene rings is 1. The average molecular weight is 367 g/mol. The van der Waals surface area contributed by atoms with Gasteiger partial charge in [-0.15, -0.1) is 0 Å². The molecule has 0 amide bonds. The molecule has 0 atom stereocenters. The third kappa shape index (κ3) is 2.79. The zero-order chi connectivity index (χ0) is 19.1. The number of allylic oxidation sites excluding steroid dienone is 7. The summed E-state index contributed by atoms with van der Waals surface area (Å²) in [7, 11) is -1.29. The van der Waals surface area contributed by atoms with Crippen molar-refractivity contribution in [3.63, 3.8) is 0 Å². The van der Waals surface area contributed by atoms with Gasteiger partial charge in [0.2, 0.25) is 0 Å². The van der Waals surface area contributed by atoms with Crippen molar-refractivity contribution in [2.75, 3.05) is 24.9 Å². The first-order chi connectivity index (χ1) is 12.3.